The summed E-state index contributed by atoms with van der Waals surface area (Å²) in [6.07, 6.45) is 2.01. The van der Waals surface area contributed by atoms with E-state index >= 15 is 0 Å². The minimum absolute atomic E-state index is 0.886. The maximum Gasteiger partial charge on any atom is 0.0346 e. The second-order valence-electron chi connectivity index (χ2n) is 3.61. The van der Waals surface area contributed by atoms with E-state index in [1.807, 2.05) is 36.4 Å². The average Bonchev–Trinajstić information content (AvgIpc) is 2.29. The zero-order valence-corrected chi connectivity index (χ0v) is 8.61. The molecular weight excluding hydrogens is 182 g/mol. The number of benzene rings is 2. The molecule has 0 unspecified atom stereocenters. The molecule has 0 bridgehead atoms. The Kier molecular flexibility index (Phi) is 3.03. The average molecular weight is 196 g/mol. The highest BCUT2D eigenvalue weighted by Gasteiger charge is 1.98. The van der Waals surface area contributed by atoms with Crippen LogP contribution in [0, 0.1) is 6.07 Å². The van der Waals surface area contributed by atoms with Crippen LogP contribution >= 0.6 is 0 Å². The van der Waals surface area contributed by atoms with E-state index in [1.54, 1.807) is 0 Å². The van der Waals surface area contributed by atoms with Gasteiger partial charge in [0.1, 0.15) is 0 Å². The van der Waals surface area contributed by atoms with Gasteiger partial charge in [0.05, 0.1) is 0 Å². The lowest BCUT2D eigenvalue weighted by Gasteiger charge is -2.04. The quantitative estimate of drug-likeness (QED) is 0.750. The van der Waals surface area contributed by atoms with Crippen molar-refractivity contribution in [2.24, 2.45) is 0 Å². The molecule has 0 aliphatic heterocycles. The van der Waals surface area contributed by atoms with Crippen molar-refractivity contribution >= 4 is 5.69 Å². The summed E-state index contributed by atoms with van der Waals surface area (Å²) in [6.45, 7) is 0. The van der Waals surface area contributed by atoms with Crippen LogP contribution in [0.25, 0.3) is 0 Å². The number of hydrogen-bond donors (Lipinski definition) is 1. The van der Waals surface area contributed by atoms with Crippen molar-refractivity contribution in [2.45, 2.75) is 12.8 Å². The molecule has 75 valence electrons. The summed E-state index contributed by atoms with van der Waals surface area (Å²) >= 11 is 0. The van der Waals surface area contributed by atoms with Gasteiger partial charge in [0.15, 0.2) is 0 Å². The molecule has 1 nitrogen and oxygen atoms in total. The van der Waals surface area contributed by atoms with Gasteiger partial charge in [-0.1, -0.05) is 42.5 Å². The second kappa shape index (κ2) is 4.65. The molecule has 0 heterocycles. The van der Waals surface area contributed by atoms with Crippen LogP contribution in [0.4, 0.5) is 5.69 Å². The van der Waals surface area contributed by atoms with Gasteiger partial charge in [-0.15, -0.1) is 0 Å². The van der Waals surface area contributed by atoms with E-state index in [9.17, 15) is 0 Å². The largest absolute Gasteiger partial charge is 0.399 e. The normalized spacial score (nSPS) is 10.1. The fourth-order valence-corrected chi connectivity index (χ4v) is 1.63. The topological polar surface area (TPSA) is 26.0 Å². The van der Waals surface area contributed by atoms with Crippen LogP contribution in [0.3, 0.4) is 0 Å². The van der Waals surface area contributed by atoms with E-state index in [1.165, 1.54) is 11.1 Å². The molecule has 0 saturated carbocycles. The number of para-hydroxylation sites is 1. The monoisotopic (exact) mass is 196 g/mol. The third-order valence-electron chi connectivity index (χ3n) is 2.51. The maximum absolute atomic E-state index is 5.88. The van der Waals surface area contributed by atoms with Gasteiger partial charge in [0.25, 0.3) is 0 Å². The van der Waals surface area contributed by atoms with Crippen molar-refractivity contribution in [2.75, 3.05) is 5.73 Å². The molecule has 0 saturated heterocycles. The van der Waals surface area contributed by atoms with E-state index in [-0.39, 0.29) is 0 Å². The van der Waals surface area contributed by atoms with E-state index in [2.05, 4.69) is 18.2 Å². The summed E-state index contributed by atoms with van der Waals surface area (Å²) in [5.41, 5.74) is 9.29. The molecule has 1 radical (unpaired) electrons. The van der Waals surface area contributed by atoms with Crippen molar-refractivity contribution in [3.8, 4) is 0 Å². The number of rotatable bonds is 3. The van der Waals surface area contributed by atoms with Crippen LogP contribution < -0.4 is 5.73 Å². The lowest BCUT2D eigenvalue weighted by Crippen LogP contribution is -1.96. The van der Waals surface area contributed by atoms with Crippen LogP contribution in [-0.2, 0) is 12.8 Å². The van der Waals surface area contributed by atoms with Gasteiger partial charge >= 0.3 is 0 Å². The van der Waals surface area contributed by atoms with Gasteiger partial charge in [0.2, 0.25) is 0 Å². The minimum Gasteiger partial charge on any atom is -0.399 e. The first-order valence-electron chi connectivity index (χ1n) is 5.14. The van der Waals surface area contributed by atoms with Crippen molar-refractivity contribution in [3.63, 3.8) is 0 Å². The molecule has 0 aromatic heterocycles. The number of anilines is 1. The fraction of sp³-hybridized carbons (Fsp3) is 0.143. The number of nitrogen functional groups attached to an aromatic ring is 1. The van der Waals surface area contributed by atoms with Crippen molar-refractivity contribution in [1.29, 1.82) is 0 Å². The molecule has 1 heteroatoms. The van der Waals surface area contributed by atoms with Crippen LogP contribution in [0.2, 0.25) is 0 Å². The third-order valence-corrected chi connectivity index (χ3v) is 2.51. The maximum atomic E-state index is 5.88. The SMILES string of the molecule is Nc1ccccc1CCc1c[c]ccc1. The van der Waals surface area contributed by atoms with E-state index in [4.69, 9.17) is 5.73 Å². The summed E-state index contributed by atoms with van der Waals surface area (Å²) in [4.78, 5) is 0. The van der Waals surface area contributed by atoms with E-state index in [0.717, 1.165) is 18.5 Å². The van der Waals surface area contributed by atoms with Gasteiger partial charge in [-0.3, -0.25) is 0 Å². The van der Waals surface area contributed by atoms with Gasteiger partial charge in [-0.2, -0.15) is 0 Å². The zero-order chi connectivity index (χ0) is 10.5. The Morgan fingerprint density at radius 3 is 2.60 bits per heavy atom. The first-order chi connectivity index (χ1) is 7.36. The van der Waals surface area contributed by atoms with Crippen molar-refractivity contribution in [1.82, 2.24) is 0 Å². The number of aryl methyl sites for hydroxylation is 2. The summed E-state index contributed by atoms with van der Waals surface area (Å²) in [7, 11) is 0. The summed E-state index contributed by atoms with van der Waals surface area (Å²) in [6, 6.07) is 19.2. The molecular formula is C14H14N. The van der Waals surface area contributed by atoms with E-state index in [0.29, 0.717) is 0 Å². The molecule has 0 aliphatic carbocycles. The van der Waals surface area contributed by atoms with Crippen LogP contribution in [0.1, 0.15) is 11.1 Å². The molecule has 0 amide bonds. The number of nitrogens with two attached hydrogens (primary N) is 1. The first kappa shape index (κ1) is 9.78. The molecule has 15 heavy (non-hydrogen) atoms. The molecule has 2 aromatic carbocycles. The highest BCUT2D eigenvalue weighted by atomic mass is 14.6. The second-order valence-corrected chi connectivity index (χ2v) is 3.61. The highest BCUT2D eigenvalue weighted by Crippen LogP contribution is 2.13. The standard InChI is InChI=1S/C14H14N/c15-14-9-5-4-8-13(14)11-10-12-6-2-1-3-7-12/h1-2,4-9H,10-11,15H2. The number of hydrogen-bond acceptors (Lipinski definition) is 1. The fourth-order valence-electron chi connectivity index (χ4n) is 1.63. The summed E-state index contributed by atoms with van der Waals surface area (Å²) in [5.74, 6) is 0. The Hall–Kier alpha value is -1.76. The van der Waals surface area contributed by atoms with Gasteiger partial charge in [-0.05, 0) is 36.1 Å². The van der Waals surface area contributed by atoms with Crippen LogP contribution in [0.5, 0.6) is 0 Å². The lowest BCUT2D eigenvalue weighted by molar-refractivity contribution is 0.963. The van der Waals surface area contributed by atoms with Crippen LogP contribution in [-0.4, -0.2) is 0 Å². The van der Waals surface area contributed by atoms with E-state index < -0.39 is 0 Å². The van der Waals surface area contributed by atoms with Crippen LogP contribution in [0.15, 0.2) is 48.5 Å². The Labute approximate surface area is 90.6 Å². The predicted octanol–water partition coefficient (Wildman–Crippen LogP) is 2.85. The third kappa shape index (κ3) is 2.59. The minimum atomic E-state index is 0.886. The van der Waals surface area contributed by atoms with Gasteiger partial charge in [0, 0.05) is 5.69 Å². The van der Waals surface area contributed by atoms with Gasteiger partial charge in [-0.25, -0.2) is 0 Å². The Morgan fingerprint density at radius 2 is 1.87 bits per heavy atom. The Morgan fingerprint density at radius 1 is 1.00 bits per heavy atom. The Bertz CT molecular complexity index is 420. The molecule has 2 rings (SSSR count). The zero-order valence-electron chi connectivity index (χ0n) is 8.61. The molecule has 0 spiro atoms. The predicted molar refractivity (Wildman–Crippen MR) is 63.5 cm³/mol. The summed E-state index contributed by atoms with van der Waals surface area (Å²) in [5, 5.41) is 0. The molecule has 0 fully saturated rings. The van der Waals surface area contributed by atoms with Crippen molar-refractivity contribution < 1.29 is 0 Å². The lowest BCUT2D eigenvalue weighted by atomic mass is 10.0. The Balaban J connectivity index is 2.03. The molecule has 2 aromatic rings. The summed E-state index contributed by atoms with van der Waals surface area (Å²) < 4.78 is 0. The highest BCUT2D eigenvalue weighted by molar-refractivity contribution is 5.46. The first-order valence-corrected chi connectivity index (χ1v) is 5.14. The van der Waals surface area contributed by atoms with Crippen molar-refractivity contribution in [3.05, 3.63) is 65.7 Å². The van der Waals surface area contributed by atoms with Gasteiger partial charge < -0.3 is 5.73 Å². The smallest absolute Gasteiger partial charge is 0.0346 e. The molecule has 0 atom stereocenters. The molecule has 0 aliphatic rings. The molecule has 2 N–H and O–H groups in total.